The number of benzene rings is 2. The van der Waals surface area contributed by atoms with Crippen molar-refractivity contribution in [1.82, 2.24) is 0 Å². The normalized spacial score (nSPS) is 9.95. The van der Waals surface area contributed by atoms with Gasteiger partial charge in [-0.2, -0.15) is 5.26 Å². The summed E-state index contributed by atoms with van der Waals surface area (Å²) in [5, 5.41) is 11.7. The van der Waals surface area contributed by atoms with Crippen LogP contribution in [0, 0.1) is 17.1 Å². The Morgan fingerprint density at radius 2 is 2.11 bits per heavy atom. The molecule has 0 amide bonds. The molecular weight excluding hydrogens is 309 g/mol. The summed E-state index contributed by atoms with van der Waals surface area (Å²) in [7, 11) is 0. The highest BCUT2D eigenvalue weighted by Crippen LogP contribution is 2.29. The summed E-state index contributed by atoms with van der Waals surface area (Å²) in [4.78, 5) is 0. The van der Waals surface area contributed by atoms with Crippen molar-refractivity contribution >= 4 is 33.0 Å². The average Bonchev–Trinajstić information content (AvgIpc) is 2.38. The van der Waals surface area contributed by atoms with Gasteiger partial charge in [-0.15, -0.1) is 0 Å². The molecule has 19 heavy (non-hydrogen) atoms. The fourth-order valence-electron chi connectivity index (χ4n) is 1.68. The Hall–Kier alpha value is -2.06. The van der Waals surface area contributed by atoms with Crippen molar-refractivity contribution in [2.45, 2.75) is 6.42 Å². The lowest BCUT2D eigenvalue weighted by atomic mass is 10.1. The van der Waals surface area contributed by atoms with Gasteiger partial charge in [-0.1, -0.05) is 6.07 Å². The highest BCUT2D eigenvalue weighted by molar-refractivity contribution is 9.10. The molecule has 3 N–H and O–H groups in total. The molecular formula is C14H11BrFN3. The van der Waals surface area contributed by atoms with Gasteiger partial charge in [0, 0.05) is 15.8 Å². The summed E-state index contributed by atoms with van der Waals surface area (Å²) < 4.78 is 14.3. The number of nitrogens with two attached hydrogens (primary N) is 1. The van der Waals surface area contributed by atoms with Gasteiger partial charge >= 0.3 is 0 Å². The van der Waals surface area contributed by atoms with Gasteiger partial charge in [-0.05, 0) is 51.8 Å². The second-order valence-corrected chi connectivity index (χ2v) is 4.82. The predicted molar refractivity (Wildman–Crippen MR) is 77.6 cm³/mol. The molecule has 96 valence electrons. The van der Waals surface area contributed by atoms with Crippen LogP contribution in [0.2, 0.25) is 0 Å². The molecule has 0 heterocycles. The van der Waals surface area contributed by atoms with E-state index >= 15 is 0 Å². The summed E-state index contributed by atoms with van der Waals surface area (Å²) in [5.41, 5.74) is 8.09. The minimum Gasteiger partial charge on any atom is -0.398 e. The molecule has 0 saturated heterocycles. The third-order valence-electron chi connectivity index (χ3n) is 2.64. The molecule has 0 saturated carbocycles. The maximum atomic E-state index is 13.7. The molecule has 0 bridgehead atoms. The van der Waals surface area contributed by atoms with E-state index in [0.29, 0.717) is 21.5 Å². The van der Waals surface area contributed by atoms with Gasteiger partial charge in [-0.25, -0.2) is 4.39 Å². The van der Waals surface area contributed by atoms with Crippen LogP contribution in [0.3, 0.4) is 0 Å². The number of hydrogen-bond acceptors (Lipinski definition) is 3. The SMILES string of the molecule is N#CCc1cc(Nc2c(F)cccc2Br)ccc1N. The zero-order valence-electron chi connectivity index (χ0n) is 9.95. The molecule has 0 radical (unpaired) electrons. The van der Waals surface area contributed by atoms with E-state index in [9.17, 15) is 4.39 Å². The largest absolute Gasteiger partial charge is 0.398 e. The maximum Gasteiger partial charge on any atom is 0.147 e. The molecule has 2 aromatic carbocycles. The van der Waals surface area contributed by atoms with Crippen LogP contribution in [-0.2, 0) is 6.42 Å². The highest BCUT2D eigenvalue weighted by atomic mass is 79.9. The number of hydrogen-bond donors (Lipinski definition) is 2. The van der Waals surface area contributed by atoms with Crippen LogP contribution in [0.4, 0.5) is 21.5 Å². The molecule has 2 rings (SSSR count). The third kappa shape index (κ3) is 3.04. The fraction of sp³-hybridized carbons (Fsp3) is 0.0714. The second-order valence-electron chi connectivity index (χ2n) is 3.97. The number of anilines is 3. The molecule has 2 aromatic rings. The van der Waals surface area contributed by atoms with E-state index < -0.39 is 0 Å². The molecule has 0 atom stereocenters. The van der Waals surface area contributed by atoms with Crippen molar-refractivity contribution in [3.05, 3.63) is 52.3 Å². The number of nitrogens with zero attached hydrogens (tertiary/aromatic N) is 1. The van der Waals surface area contributed by atoms with E-state index in [0.717, 1.165) is 5.56 Å². The molecule has 5 heteroatoms. The lowest BCUT2D eigenvalue weighted by Crippen LogP contribution is -1.98. The number of nitrogens with one attached hydrogen (secondary N) is 1. The maximum absolute atomic E-state index is 13.7. The minimum atomic E-state index is -0.354. The minimum absolute atomic E-state index is 0.222. The van der Waals surface area contributed by atoms with Crippen LogP contribution in [0.25, 0.3) is 0 Å². The lowest BCUT2D eigenvalue weighted by Gasteiger charge is -2.11. The van der Waals surface area contributed by atoms with Crippen LogP contribution >= 0.6 is 15.9 Å². The highest BCUT2D eigenvalue weighted by Gasteiger charge is 2.07. The second kappa shape index (κ2) is 5.72. The van der Waals surface area contributed by atoms with Crippen molar-refractivity contribution in [2.24, 2.45) is 0 Å². The van der Waals surface area contributed by atoms with Crippen molar-refractivity contribution in [2.75, 3.05) is 11.1 Å². The summed E-state index contributed by atoms with van der Waals surface area (Å²) in [6.45, 7) is 0. The van der Waals surface area contributed by atoms with Crippen molar-refractivity contribution in [1.29, 1.82) is 5.26 Å². The summed E-state index contributed by atoms with van der Waals surface area (Å²) in [6, 6.07) is 12.0. The van der Waals surface area contributed by atoms with Crippen molar-refractivity contribution in [3.8, 4) is 6.07 Å². The zero-order valence-corrected chi connectivity index (χ0v) is 11.5. The lowest BCUT2D eigenvalue weighted by molar-refractivity contribution is 0.631. The number of nitriles is 1. The molecule has 0 spiro atoms. The van der Waals surface area contributed by atoms with E-state index in [2.05, 4.69) is 21.2 Å². The summed E-state index contributed by atoms with van der Waals surface area (Å²) >= 11 is 3.29. The van der Waals surface area contributed by atoms with Crippen LogP contribution in [0.1, 0.15) is 5.56 Å². The van der Waals surface area contributed by atoms with Gasteiger partial charge in [0.25, 0.3) is 0 Å². The van der Waals surface area contributed by atoms with Crippen molar-refractivity contribution in [3.63, 3.8) is 0 Å². The predicted octanol–water partition coefficient (Wildman–Crippen LogP) is 3.98. The zero-order chi connectivity index (χ0) is 13.8. The Kier molecular flexibility index (Phi) is 4.03. The van der Waals surface area contributed by atoms with E-state index in [1.54, 1.807) is 30.3 Å². The quantitative estimate of drug-likeness (QED) is 0.841. The average molecular weight is 320 g/mol. The number of nitrogen functional groups attached to an aromatic ring is 1. The Morgan fingerprint density at radius 3 is 2.79 bits per heavy atom. The molecule has 0 aromatic heterocycles. The van der Waals surface area contributed by atoms with Gasteiger partial charge in [0.2, 0.25) is 0 Å². The van der Waals surface area contributed by atoms with E-state index in [1.165, 1.54) is 6.07 Å². The van der Waals surface area contributed by atoms with Gasteiger partial charge < -0.3 is 11.1 Å². The van der Waals surface area contributed by atoms with E-state index in [1.807, 2.05) is 6.07 Å². The molecule has 0 unspecified atom stereocenters. The Balaban J connectivity index is 2.34. The first kappa shape index (κ1) is 13.4. The summed E-state index contributed by atoms with van der Waals surface area (Å²) in [5.74, 6) is -0.354. The molecule has 3 nitrogen and oxygen atoms in total. The fourth-order valence-corrected chi connectivity index (χ4v) is 2.12. The Labute approximate surface area is 119 Å². The summed E-state index contributed by atoms with van der Waals surface area (Å²) in [6.07, 6.45) is 0.222. The standard InChI is InChI=1S/C14H11BrFN3/c15-11-2-1-3-12(16)14(11)19-10-4-5-13(18)9(8-10)6-7-17/h1-5,8,19H,6,18H2. The molecule has 0 fully saturated rings. The van der Waals surface area contributed by atoms with Crippen molar-refractivity contribution < 1.29 is 4.39 Å². The number of halogens is 2. The van der Waals surface area contributed by atoms with E-state index in [4.69, 9.17) is 11.0 Å². The molecule has 0 aliphatic heterocycles. The topological polar surface area (TPSA) is 61.8 Å². The molecule has 0 aliphatic carbocycles. The first-order chi connectivity index (χ1) is 9.11. The molecule has 0 aliphatic rings. The van der Waals surface area contributed by atoms with Gasteiger partial charge in [0.15, 0.2) is 0 Å². The first-order valence-electron chi connectivity index (χ1n) is 5.58. The van der Waals surface area contributed by atoms with Crippen LogP contribution < -0.4 is 11.1 Å². The monoisotopic (exact) mass is 319 g/mol. The van der Waals surface area contributed by atoms with Crippen LogP contribution in [0.15, 0.2) is 40.9 Å². The third-order valence-corrected chi connectivity index (χ3v) is 3.31. The van der Waals surface area contributed by atoms with Gasteiger partial charge in [-0.3, -0.25) is 0 Å². The smallest absolute Gasteiger partial charge is 0.147 e. The Bertz CT molecular complexity index is 629. The van der Waals surface area contributed by atoms with Gasteiger partial charge in [0.05, 0.1) is 18.2 Å². The Morgan fingerprint density at radius 1 is 1.32 bits per heavy atom. The van der Waals surface area contributed by atoms with E-state index in [-0.39, 0.29) is 12.2 Å². The van der Waals surface area contributed by atoms with Crippen LogP contribution in [0.5, 0.6) is 0 Å². The number of rotatable bonds is 3. The van der Waals surface area contributed by atoms with Crippen LogP contribution in [-0.4, -0.2) is 0 Å². The first-order valence-corrected chi connectivity index (χ1v) is 6.37. The van der Waals surface area contributed by atoms with Gasteiger partial charge in [0.1, 0.15) is 5.82 Å². The number of para-hydroxylation sites is 1.